The molecule has 2 rings (SSSR count). The van der Waals surface area contributed by atoms with Crippen molar-refractivity contribution >= 4 is 34.2 Å². The molecule has 0 aliphatic heterocycles. The Morgan fingerprint density at radius 2 is 2.17 bits per heavy atom. The number of carboxylic acids is 1. The van der Waals surface area contributed by atoms with Gasteiger partial charge < -0.3 is 10.0 Å². The summed E-state index contributed by atoms with van der Waals surface area (Å²) in [5.74, 6) is -0.864. The van der Waals surface area contributed by atoms with Gasteiger partial charge in [-0.25, -0.2) is 4.79 Å². The van der Waals surface area contributed by atoms with Crippen LogP contribution in [0, 0.1) is 0 Å². The lowest BCUT2D eigenvalue weighted by Gasteiger charge is -2.24. The van der Waals surface area contributed by atoms with E-state index >= 15 is 0 Å². The predicted molar refractivity (Wildman–Crippen MR) is 72.3 cm³/mol. The molecule has 0 amide bonds. The normalized spacial score (nSPS) is 12.4. The number of fused-ring (bicyclic) bond motifs is 1. The lowest BCUT2D eigenvalue weighted by molar-refractivity contribution is -0.138. The Labute approximate surface area is 110 Å². The van der Waals surface area contributed by atoms with Crippen LogP contribution in [0.4, 0.5) is 5.69 Å². The third kappa shape index (κ3) is 2.24. The largest absolute Gasteiger partial charge is 0.480 e. The summed E-state index contributed by atoms with van der Waals surface area (Å²) < 4.78 is 0. The molecular formula is C13H13ClN2O2. The van der Waals surface area contributed by atoms with Gasteiger partial charge in [0.1, 0.15) is 6.04 Å². The summed E-state index contributed by atoms with van der Waals surface area (Å²) >= 11 is 5.92. The Morgan fingerprint density at radius 1 is 1.44 bits per heavy atom. The second-order valence-electron chi connectivity index (χ2n) is 4.12. The van der Waals surface area contributed by atoms with Gasteiger partial charge in [-0.2, -0.15) is 0 Å². The first-order valence-electron chi connectivity index (χ1n) is 5.50. The quantitative estimate of drug-likeness (QED) is 0.926. The first-order valence-corrected chi connectivity index (χ1v) is 5.88. The summed E-state index contributed by atoms with van der Waals surface area (Å²) in [6, 6.07) is 6.58. The summed E-state index contributed by atoms with van der Waals surface area (Å²) in [5.41, 5.74) is 1.58. The number of hydrogen-bond donors (Lipinski definition) is 1. The lowest BCUT2D eigenvalue weighted by atomic mass is 10.1. The van der Waals surface area contributed by atoms with Crippen LogP contribution in [0.25, 0.3) is 10.9 Å². The van der Waals surface area contributed by atoms with E-state index in [1.54, 1.807) is 43.3 Å². The molecule has 0 radical (unpaired) electrons. The van der Waals surface area contributed by atoms with Crippen molar-refractivity contribution in [1.82, 2.24) is 4.98 Å². The number of halogens is 1. The molecule has 0 spiro atoms. The molecule has 1 atom stereocenters. The van der Waals surface area contributed by atoms with Crippen molar-refractivity contribution in [3.63, 3.8) is 0 Å². The van der Waals surface area contributed by atoms with E-state index in [4.69, 9.17) is 16.7 Å². The van der Waals surface area contributed by atoms with Crippen LogP contribution in [0.1, 0.15) is 6.92 Å². The molecule has 0 bridgehead atoms. The fraction of sp³-hybridized carbons (Fsp3) is 0.231. The Morgan fingerprint density at radius 3 is 2.83 bits per heavy atom. The molecule has 0 saturated carbocycles. The van der Waals surface area contributed by atoms with Gasteiger partial charge in [0.25, 0.3) is 0 Å². The van der Waals surface area contributed by atoms with Crippen molar-refractivity contribution < 1.29 is 9.90 Å². The zero-order valence-corrected chi connectivity index (χ0v) is 10.8. The van der Waals surface area contributed by atoms with Crippen LogP contribution in [0.5, 0.6) is 0 Å². The molecule has 18 heavy (non-hydrogen) atoms. The van der Waals surface area contributed by atoms with E-state index in [1.165, 1.54) is 0 Å². The molecule has 1 aromatic carbocycles. The van der Waals surface area contributed by atoms with E-state index in [2.05, 4.69) is 4.98 Å². The maximum Gasteiger partial charge on any atom is 0.326 e. The zero-order chi connectivity index (χ0) is 13.3. The fourth-order valence-electron chi connectivity index (χ4n) is 1.79. The highest BCUT2D eigenvalue weighted by Crippen LogP contribution is 2.27. The van der Waals surface area contributed by atoms with Crippen molar-refractivity contribution in [3.05, 3.63) is 35.5 Å². The van der Waals surface area contributed by atoms with Gasteiger partial charge in [-0.3, -0.25) is 4.98 Å². The average molecular weight is 265 g/mol. The third-order valence-corrected chi connectivity index (χ3v) is 3.24. The second kappa shape index (κ2) is 4.82. The summed E-state index contributed by atoms with van der Waals surface area (Å²) in [5, 5.41) is 10.6. The molecule has 0 fully saturated rings. The second-order valence-corrected chi connectivity index (χ2v) is 4.55. The van der Waals surface area contributed by atoms with Crippen LogP contribution in [0.15, 0.2) is 30.5 Å². The number of likely N-dealkylation sites (N-methyl/N-ethyl adjacent to an activating group) is 1. The van der Waals surface area contributed by atoms with Crippen LogP contribution in [0.3, 0.4) is 0 Å². The number of nitrogens with zero attached hydrogens (tertiary/aromatic N) is 2. The monoisotopic (exact) mass is 264 g/mol. The van der Waals surface area contributed by atoms with E-state index in [0.29, 0.717) is 5.02 Å². The Bertz CT molecular complexity index is 601. The number of carbonyl (C=O) groups is 1. The fourth-order valence-corrected chi connectivity index (χ4v) is 1.95. The van der Waals surface area contributed by atoms with E-state index in [1.807, 2.05) is 6.07 Å². The van der Waals surface area contributed by atoms with Crippen molar-refractivity contribution in [2.75, 3.05) is 11.9 Å². The number of aliphatic carboxylic acids is 1. The topological polar surface area (TPSA) is 53.4 Å². The molecule has 1 heterocycles. The molecule has 1 N–H and O–H groups in total. The third-order valence-electron chi connectivity index (χ3n) is 3.00. The average Bonchev–Trinajstić information content (AvgIpc) is 2.35. The number of pyridine rings is 1. The van der Waals surface area contributed by atoms with E-state index in [-0.39, 0.29) is 0 Å². The summed E-state index contributed by atoms with van der Waals surface area (Å²) in [6.45, 7) is 1.64. The number of carboxylic acid groups (broad SMARTS) is 1. The molecular weight excluding hydrogens is 252 g/mol. The maximum atomic E-state index is 11.0. The maximum absolute atomic E-state index is 11.0. The van der Waals surface area contributed by atoms with E-state index < -0.39 is 12.0 Å². The SMILES string of the molecule is CC(C(=O)O)N(C)c1ccnc2cc(Cl)ccc12. The lowest BCUT2D eigenvalue weighted by Crippen LogP contribution is -2.35. The van der Waals surface area contributed by atoms with Crippen molar-refractivity contribution in [3.8, 4) is 0 Å². The summed E-state index contributed by atoms with van der Waals surface area (Å²) in [4.78, 5) is 17.0. The number of aromatic nitrogens is 1. The molecule has 0 saturated heterocycles. The number of rotatable bonds is 3. The van der Waals surface area contributed by atoms with Gasteiger partial charge in [0, 0.05) is 29.3 Å². The van der Waals surface area contributed by atoms with Gasteiger partial charge in [0.15, 0.2) is 0 Å². The highest BCUT2D eigenvalue weighted by molar-refractivity contribution is 6.31. The van der Waals surface area contributed by atoms with Crippen molar-refractivity contribution in [2.24, 2.45) is 0 Å². The first kappa shape index (κ1) is 12.6. The number of hydrogen-bond acceptors (Lipinski definition) is 3. The first-order chi connectivity index (χ1) is 8.50. The van der Waals surface area contributed by atoms with Crippen LogP contribution in [0.2, 0.25) is 5.02 Å². The smallest absolute Gasteiger partial charge is 0.326 e. The molecule has 1 unspecified atom stereocenters. The molecule has 5 heteroatoms. The zero-order valence-electron chi connectivity index (χ0n) is 10.1. The molecule has 4 nitrogen and oxygen atoms in total. The highest BCUT2D eigenvalue weighted by Gasteiger charge is 2.18. The number of benzene rings is 1. The van der Waals surface area contributed by atoms with Gasteiger partial charge in [0.2, 0.25) is 0 Å². The van der Waals surface area contributed by atoms with Crippen molar-refractivity contribution in [1.29, 1.82) is 0 Å². The Balaban J connectivity index is 2.54. The van der Waals surface area contributed by atoms with Crippen LogP contribution in [-0.4, -0.2) is 29.1 Å². The molecule has 0 aliphatic rings. The van der Waals surface area contributed by atoms with Gasteiger partial charge in [-0.05, 0) is 31.2 Å². The van der Waals surface area contributed by atoms with Crippen LogP contribution >= 0.6 is 11.6 Å². The minimum absolute atomic E-state index is 0.605. The molecule has 1 aromatic heterocycles. The Kier molecular flexibility index (Phi) is 3.39. The van der Waals surface area contributed by atoms with Gasteiger partial charge in [0.05, 0.1) is 5.52 Å². The van der Waals surface area contributed by atoms with E-state index in [0.717, 1.165) is 16.6 Å². The van der Waals surface area contributed by atoms with Crippen LogP contribution in [-0.2, 0) is 4.79 Å². The molecule has 0 aliphatic carbocycles. The molecule has 2 aromatic rings. The van der Waals surface area contributed by atoms with Gasteiger partial charge >= 0.3 is 5.97 Å². The standard InChI is InChI=1S/C13H13ClN2O2/c1-8(13(17)18)16(2)12-5-6-15-11-7-9(14)3-4-10(11)12/h3-8H,1-2H3,(H,17,18). The van der Waals surface area contributed by atoms with E-state index in [9.17, 15) is 4.79 Å². The molecule has 94 valence electrons. The minimum Gasteiger partial charge on any atom is -0.480 e. The number of anilines is 1. The predicted octanol–water partition coefficient (Wildman–Crippen LogP) is 2.80. The van der Waals surface area contributed by atoms with Crippen LogP contribution < -0.4 is 4.90 Å². The summed E-state index contributed by atoms with van der Waals surface area (Å²) in [7, 11) is 1.75. The minimum atomic E-state index is -0.864. The highest BCUT2D eigenvalue weighted by atomic mass is 35.5. The summed E-state index contributed by atoms with van der Waals surface area (Å²) in [6.07, 6.45) is 1.65. The van der Waals surface area contributed by atoms with Gasteiger partial charge in [-0.1, -0.05) is 11.6 Å². The van der Waals surface area contributed by atoms with Crippen molar-refractivity contribution in [2.45, 2.75) is 13.0 Å². The van der Waals surface area contributed by atoms with Gasteiger partial charge in [-0.15, -0.1) is 0 Å². The Hall–Kier alpha value is -1.81.